The molecule has 2 aromatic rings. The number of thioether (sulfide) groups is 1. The lowest BCUT2D eigenvalue weighted by Crippen LogP contribution is -2.31. The molecule has 0 bridgehead atoms. The van der Waals surface area contributed by atoms with Gasteiger partial charge in [-0.25, -0.2) is 4.98 Å². The molecule has 0 spiro atoms. The van der Waals surface area contributed by atoms with Gasteiger partial charge < -0.3 is 14.4 Å². The van der Waals surface area contributed by atoms with Crippen LogP contribution in [0.2, 0.25) is 0 Å². The average Bonchev–Trinajstić information content (AvgIpc) is 3.24. The predicted octanol–water partition coefficient (Wildman–Crippen LogP) is 3.14. The van der Waals surface area contributed by atoms with E-state index in [1.54, 1.807) is 11.2 Å². The Labute approximate surface area is 162 Å². The zero-order valence-electron chi connectivity index (χ0n) is 14.9. The second-order valence-corrected chi connectivity index (χ2v) is 8.23. The van der Waals surface area contributed by atoms with Gasteiger partial charge in [0.15, 0.2) is 0 Å². The average molecular weight is 386 g/mol. The number of carbonyl (C=O) groups is 2. The van der Waals surface area contributed by atoms with Crippen molar-refractivity contribution in [2.45, 2.75) is 18.6 Å². The number of carbonyl (C=O) groups excluding carboxylic acids is 1. The number of carboxylic acids is 1. The van der Waals surface area contributed by atoms with Crippen molar-refractivity contribution >= 4 is 23.6 Å². The van der Waals surface area contributed by atoms with Gasteiger partial charge >= 0.3 is 5.97 Å². The Bertz CT molecular complexity index is 818. The number of benzene rings is 1. The number of oxazole rings is 1. The maximum atomic E-state index is 12.5. The SMILES string of the molecule is O=C(O)[C@H]1CN(C(=O)CSCc2coc(-c3ccccc3)n2)C[C@@H]1C1CC1. The summed E-state index contributed by atoms with van der Waals surface area (Å²) in [6, 6.07) is 9.68. The van der Waals surface area contributed by atoms with Crippen molar-refractivity contribution < 1.29 is 19.1 Å². The molecule has 1 aromatic carbocycles. The molecule has 27 heavy (non-hydrogen) atoms. The molecule has 7 heteroatoms. The molecule has 1 aliphatic carbocycles. The highest BCUT2D eigenvalue weighted by molar-refractivity contribution is 7.99. The van der Waals surface area contributed by atoms with Gasteiger partial charge in [0.05, 0.1) is 17.4 Å². The minimum absolute atomic E-state index is 0.0150. The molecule has 1 aliphatic heterocycles. The number of aromatic nitrogens is 1. The molecule has 1 aromatic heterocycles. The summed E-state index contributed by atoms with van der Waals surface area (Å²) < 4.78 is 5.51. The normalized spacial score (nSPS) is 22.1. The first-order valence-electron chi connectivity index (χ1n) is 9.20. The van der Waals surface area contributed by atoms with E-state index in [9.17, 15) is 14.7 Å². The van der Waals surface area contributed by atoms with Crippen molar-refractivity contribution in [3.8, 4) is 11.5 Å². The van der Waals surface area contributed by atoms with Gasteiger partial charge in [-0.2, -0.15) is 0 Å². The van der Waals surface area contributed by atoms with E-state index < -0.39 is 11.9 Å². The molecule has 1 amide bonds. The molecule has 2 atom stereocenters. The number of carboxylic acid groups (broad SMARTS) is 1. The fraction of sp³-hybridized carbons (Fsp3) is 0.450. The predicted molar refractivity (Wildman–Crippen MR) is 102 cm³/mol. The molecule has 0 unspecified atom stereocenters. The number of nitrogens with zero attached hydrogens (tertiary/aromatic N) is 2. The highest BCUT2D eigenvalue weighted by Gasteiger charge is 2.46. The number of amides is 1. The first-order valence-corrected chi connectivity index (χ1v) is 10.4. The molecule has 2 aliphatic rings. The van der Waals surface area contributed by atoms with Crippen LogP contribution in [0.4, 0.5) is 0 Å². The summed E-state index contributed by atoms with van der Waals surface area (Å²) in [5, 5.41) is 9.42. The molecule has 2 heterocycles. The van der Waals surface area contributed by atoms with E-state index in [2.05, 4.69) is 4.98 Å². The summed E-state index contributed by atoms with van der Waals surface area (Å²) in [6.45, 7) is 0.932. The Balaban J connectivity index is 1.28. The zero-order valence-corrected chi connectivity index (χ0v) is 15.7. The first-order chi connectivity index (χ1) is 13.1. The summed E-state index contributed by atoms with van der Waals surface area (Å²) in [5.74, 6) is 0.946. The highest BCUT2D eigenvalue weighted by Crippen LogP contribution is 2.44. The van der Waals surface area contributed by atoms with Crippen LogP contribution in [0.25, 0.3) is 11.5 Å². The van der Waals surface area contributed by atoms with Crippen LogP contribution in [-0.4, -0.2) is 45.7 Å². The van der Waals surface area contributed by atoms with Gasteiger partial charge in [-0.1, -0.05) is 18.2 Å². The third kappa shape index (κ3) is 4.18. The Morgan fingerprint density at radius 1 is 1.22 bits per heavy atom. The summed E-state index contributed by atoms with van der Waals surface area (Å²) in [7, 11) is 0. The Morgan fingerprint density at radius 3 is 2.70 bits per heavy atom. The number of hydrogen-bond acceptors (Lipinski definition) is 5. The molecule has 1 saturated heterocycles. The summed E-state index contributed by atoms with van der Waals surface area (Å²) in [6.07, 6.45) is 3.82. The topological polar surface area (TPSA) is 83.6 Å². The van der Waals surface area contributed by atoms with E-state index in [4.69, 9.17) is 4.42 Å². The molecule has 0 radical (unpaired) electrons. The Morgan fingerprint density at radius 2 is 2.00 bits per heavy atom. The molecule has 142 valence electrons. The van der Waals surface area contributed by atoms with Crippen LogP contribution in [0.1, 0.15) is 18.5 Å². The molecular weight excluding hydrogens is 364 g/mol. The smallest absolute Gasteiger partial charge is 0.308 e. The lowest BCUT2D eigenvalue weighted by molar-refractivity contribution is -0.142. The van der Waals surface area contributed by atoms with Gasteiger partial charge in [0, 0.05) is 24.4 Å². The van der Waals surface area contributed by atoms with Crippen LogP contribution in [0, 0.1) is 17.8 Å². The Hall–Kier alpha value is -2.28. The molecule has 1 N–H and O–H groups in total. The lowest BCUT2D eigenvalue weighted by Gasteiger charge is -2.15. The van der Waals surface area contributed by atoms with Gasteiger partial charge in [0.25, 0.3) is 0 Å². The standard InChI is InChI=1S/C20H22N2O4S/c23-18(22-8-16(13-6-7-13)17(9-22)20(24)25)12-27-11-15-10-26-19(21-15)14-4-2-1-3-5-14/h1-5,10,13,16-17H,6-9,11-12H2,(H,24,25)/t16-,17+/m1/s1. The van der Waals surface area contributed by atoms with E-state index in [0.717, 1.165) is 24.1 Å². The van der Waals surface area contributed by atoms with Crippen LogP contribution in [0.15, 0.2) is 41.0 Å². The largest absolute Gasteiger partial charge is 0.481 e. The maximum Gasteiger partial charge on any atom is 0.308 e. The van der Waals surface area contributed by atoms with Gasteiger partial charge in [-0.15, -0.1) is 11.8 Å². The van der Waals surface area contributed by atoms with E-state index in [1.165, 1.54) is 11.8 Å². The van der Waals surface area contributed by atoms with Crippen molar-refractivity contribution in [1.29, 1.82) is 0 Å². The van der Waals surface area contributed by atoms with Gasteiger partial charge in [-0.05, 0) is 36.8 Å². The van der Waals surface area contributed by atoms with Crippen LogP contribution in [-0.2, 0) is 15.3 Å². The third-order valence-corrected chi connectivity index (χ3v) is 6.26. The van der Waals surface area contributed by atoms with Crippen molar-refractivity contribution in [2.24, 2.45) is 17.8 Å². The van der Waals surface area contributed by atoms with Crippen LogP contribution < -0.4 is 0 Å². The minimum Gasteiger partial charge on any atom is -0.481 e. The number of hydrogen-bond donors (Lipinski definition) is 1. The van der Waals surface area contributed by atoms with Crippen molar-refractivity contribution in [3.63, 3.8) is 0 Å². The monoisotopic (exact) mass is 386 g/mol. The summed E-state index contributed by atoms with van der Waals surface area (Å²) in [4.78, 5) is 30.1. The highest BCUT2D eigenvalue weighted by atomic mass is 32.2. The van der Waals surface area contributed by atoms with Crippen LogP contribution in [0.5, 0.6) is 0 Å². The van der Waals surface area contributed by atoms with Crippen molar-refractivity contribution in [1.82, 2.24) is 9.88 Å². The van der Waals surface area contributed by atoms with Gasteiger partial charge in [0.2, 0.25) is 11.8 Å². The van der Waals surface area contributed by atoms with Crippen molar-refractivity contribution in [3.05, 3.63) is 42.3 Å². The minimum atomic E-state index is -0.772. The number of likely N-dealkylation sites (tertiary alicyclic amines) is 1. The zero-order chi connectivity index (χ0) is 18.8. The fourth-order valence-corrected chi connectivity index (χ4v) is 4.52. The summed E-state index contributed by atoms with van der Waals surface area (Å²) >= 11 is 1.48. The van der Waals surface area contributed by atoms with Gasteiger partial charge in [0.1, 0.15) is 6.26 Å². The molecule has 2 fully saturated rings. The lowest BCUT2D eigenvalue weighted by atomic mass is 9.92. The van der Waals surface area contributed by atoms with E-state index in [1.807, 2.05) is 30.3 Å². The van der Waals surface area contributed by atoms with E-state index >= 15 is 0 Å². The van der Waals surface area contributed by atoms with Crippen molar-refractivity contribution in [2.75, 3.05) is 18.8 Å². The first kappa shape index (κ1) is 18.1. The molecular formula is C20H22N2O4S. The van der Waals surface area contributed by atoms with Crippen LogP contribution >= 0.6 is 11.8 Å². The fourth-order valence-electron chi connectivity index (χ4n) is 3.72. The van der Waals surface area contributed by atoms with Gasteiger partial charge in [-0.3, -0.25) is 9.59 Å². The maximum absolute atomic E-state index is 12.5. The number of rotatable bonds is 7. The Kier molecular flexibility index (Phi) is 5.20. The van der Waals surface area contributed by atoms with E-state index in [-0.39, 0.29) is 11.8 Å². The second-order valence-electron chi connectivity index (χ2n) is 7.25. The molecule has 4 rings (SSSR count). The quantitative estimate of drug-likeness (QED) is 0.787. The summed E-state index contributed by atoms with van der Waals surface area (Å²) in [5.41, 5.74) is 1.72. The second kappa shape index (κ2) is 7.76. The third-order valence-electron chi connectivity index (χ3n) is 5.31. The molecule has 1 saturated carbocycles. The van der Waals surface area contributed by atoms with E-state index in [0.29, 0.717) is 36.4 Å². The number of aliphatic carboxylic acids is 1. The molecule has 6 nitrogen and oxygen atoms in total. The van der Waals surface area contributed by atoms with Crippen LogP contribution in [0.3, 0.4) is 0 Å².